The zero-order valence-corrected chi connectivity index (χ0v) is 58.7. The van der Waals surface area contributed by atoms with Gasteiger partial charge >= 0.3 is 11.9 Å². The van der Waals surface area contributed by atoms with Crippen LogP contribution in [0.2, 0.25) is 0 Å². The van der Waals surface area contributed by atoms with Crippen molar-refractivity contribution >= 4 is 11.9 Å². The van der Waals surface area contributed by atoms with Crippen LogP contribution in [0.15, 0.2) is 0 Å². The van der Waals surface area contributed by atoms with Gasteiger partial charge in [-0.05, 0) is 122 Å². The van der Waals surface area contributed by atoms with Crippen LogP contribution in [-0.2, 0) is 94.9 Å². The van der Waals surface area contributed by atoms with Crippen LogP contribution in [0.5, 0.6) is 0 Å². The molecule has 6 heterocycles. The molecular weight excluding hydrogens is 1260 g/mol. The van der Waals surface area contributed by atoms with Crippen molar-refractivity contribution in [3.8, 4) is 0 Å². The van der Waals surface area contributed by atoms with Crippen LogP contribution in [0.4, 0.5) is 0 Å². The summed E-state index contributed by atoms with van der Waals surface area (Å²) in [5.74, 6) is -1.24. The third-order valence-corrected chi connectivity index (χ3v) is 24.5. The fourth-order valence-corrected chi connectivity index (χ4v) is 18.5. The van der Waals surface area contributed by atoms with Gasteiger partial charge in [-0.1, -0.05) is 27.7 Å². The fourth-order valence-electron chi connectivity index (χ4n) is 18.5. The van der Waals surface area contributed by atoms with Crippen molar-refractivity contribution in [2.24, 2.45) is 34.5 Å². The summed E-state index contributed by atoms with van der Waals surface area (Å²) >= 11 is 0. The molecule has 6 aliphatic heterocycles. The van der Waals surface area contributed by atoms with Gasteiger partial charge in [-0.15, -0.1) is 0 Å². The summed E-state index contributed by atoms with van der Waals surface area (Å²) in [5, 5.41) is 90.1. The molecule has 0 bridgehead atoms. The molecule has 28 heteroatoms. The Morgan fingerprint density at radius 2 is 1.04 bits per heavy atom. The molecule has 4 aliphatic carbocycles. The minimum Gasteiger partial charge on any atom is -0.462 e. The second kappa shape index (κ2) is 31.1. The van der Waals surface area contributed by atoms with Gasteiger partial charge in [-0.2, -0.15) is 0 Å². The second-order valence-electron chi connectivity index (χ2n) is 29.8. The summed E-state index contributed by atoms with van der Waals surface area (Å²) in [6, 6.07) is 0. The van der Waals surface area contributed by atoms with E-state index in [1.807, 2.05) is 34.6 Å². The molecule has 10 rings (SSSR count). The molecule has 0 aromatic carbocycles. The Balaban J connectivity index is 0.683. The summed E-state index contributed by atoms with van der Waals surface area (Å²) in [5.41, 5.74) is -4.57. The van der Waals surface area contributed by atoms with E-state index >= 15 is 0 Å². The Kier molecular flexibility index (Phi) is 24.8. The van der Waals surface area contributed by atoms with Crippen molar-refractivity contribution in [2.75, 3.05) is 35.0 Å². The minimum absolute atomic E-state index is 0.0194. The van der Waals surface area contributed by atoms with Gasteiger partial charge < -0.3 is 126 Å². The van der Waals surface area contributed by atoms with Crippen LogP contribution in [0.25, 0.3) is 0 Å². The van der Waals surface area contributed by atoms with Crippen LogP contribution in [0.3, 0.4) is 0 Å². The lowest BCUT2D eigenvalue weighted by atomic mass is 9.42. The first kappa shape index (κ1) is 76.6. The number of carbonyl (C=O) groups excluding carboxylic acids is 2. The zero-order chi connectivity index (χ0) is 69.8. The molecule has 6 saturated heterocycles. The number of methoxy groups -OCH3 is 4. The van der Waals surface area contributed by atoms with Crippen LogP contribution >= 0.6 is 0 Å². The maximum atomic E-state index is 13.1. The van der Waals surface area contributed by atoms with E-state index in [0.29, 0.717) is 19.3 Å². The Labute approximate surface area is 564 Å². The lowest BCUT2D eigenvalue weighted by Crippen LogP contribution is -2.72. The highest BCUT2D eigenvalue weighted by Gasteiger charge is 2.77. The van der Waals surface area contributed by atoms with Crippen molar-refractivity contribution in [2.45, 2.75) is 349 Å². The SMILES string of the molecule is CCC(C)C(=O)O[C@H](C)[C@]1(O)CC[C@]2(O)[C@@H]3CC[C@H]4C[C@@H](O[C@H]5C[C@H](O)[C@H](O[C@H]6C[C@H](OC)[C@H](O[C@H]7C[C@@H](OC)[C@H](O[C@H]8C[C@@H](OC)[C@H](O[C@@H]9O[C@H](C)[C@@H](O[C@@H]%10O[C@H](CO)[C@@H](O)[C@H](O)[C@H]%10O)[C@H](OC)[C@H]9O)[C@@H](C)O8)[C@@H](C)O7)[C@@H](C)O6)[C@@H](C)O5)CC[C@]4(C)[C@H]3C[C@@H](OC(C)=O)[C@]12C. The van der Waals surface area contributed by atoms with Gasteiger partial charge in [0.25, 0.3) is 0 Å². The van der Waals surface area contributed by atoms with E-state index < -0.39 is 207 Å². The van der Waals surface area contributed by atoms with Crippen LogP contribution in [0, 0.1) is 34.5 Å². The molecule has 0 radical (unpaired) electrons. The summed E-state index contributed by atoms with van der Waals surface area (Å²) in [4.78, 5) is 25.9. The van der Waals surface area contributed by atoms with Crippen molar-refractivity contribution in [1.29, 1.82) is 0 Å². The summed E-state index contributed by atoms with van der Waals surface area (Å²) in [6.45, 7) is 19.3. The number of fused-ring (bicyclic) bond motifs is 5. The standard InChI is InChI=1S/C68H114O28/c1-16-30(2)62(76)88-36(8)67(77)21-22-68(78)40-18-17-38-23-39(19-20-65(38,10)41(40)24-47(66(67,68)11)89-37(9)70)90-48-25-42(71)56(31(3)83-48)92-49-26-43(79-12)57(32(4)84-49)93-50-27-44(80-13)58(33(5)85-50)94-51-28-45(81-14)59(34(6)86-51)95-64-55(75)61(82-15)60(35(7)87-64)96-63-54(74)53(73)52(72)46(29-69)91-63/h30-36,38-61,63-64,69,71-75,77-78H,16-29H2,1-15H3/t30?,31-,32-,33-,34-,35-,36-,38+,39+,40-,41+,42+,43+,44-,45-,46-,47-,48+,49+,50+,51+,52-,53+,54-,55-,56-,57-,58-,59-,60-,61-,63+,64+,65+,66-,67-,68+/m1/s1. The van der Waals surface area contributed by atoms with Crippen molar-refractivity contribution in [1.82, 2.24) is 0 Å². The van der Waals surface area contributed by atoms with Gasteiger partial charge in [0, 0.05) is 61.0 Å². The largest absolute Gasteiger partial charge is 0.462 e. The first-order valence-electron chi connectivity index (χ1n) is 35.2. The maximum Gasteiger partial charge on any atom is 0.309 e. The quantitative estimate of drug-likeness (QED) is 0.0570. The number of hydrogen-bond acceptors (Lipinski definition) is 28. The Bertz CT molecular complexity index is 2530. The van der Waals surface area contributed by atoms with E-state index in [9.17, 15) is 50.4 Å². The van der Waals surface area contributed by atoms with Crippen molar-refractivity contribution in [3.05, 3.63) is 0 Å². The molecule has 0 aromatic rings. The molecule has 96 heavy (non-hydrogen) atoms. The smallest absolute Gasteiger partial charge is 0.309 e. The number of hydrogen-bond donors (Lipinski definition) is 8. The lowest BCUT2D eigenvalue weighted by Gasteiger charge is -2.66. The molecule has 0 amide bonds. The Hall–Kier alpha value is -2.02. The first-order chi connectivity index (χ1) is 45.4. The van der Waals surface area contributed by atoms with Crippen molar-refractivity contribution in [3.63, 3.8) is 0 Å². The highest BCUT2D eigenvalue weighted by atomic mass is 16.8. The molecule has 28 nitrogen and oxygen atoms in total. The number of aliphatic hydroxyl groups is 8. The summed E-state index contributed by atoms with van der Waals surface area (Å²) < 4.78 is 112. The van der Waals surface area contributed by atoms with Crippen molar-refractivity contribution < 1.29 is 136 Å². The van der Waals surface area contributed by atoms with E-state index in [0.717, 1.165) is 25.7 Å². The van der Waals surface area contributed by atoms with E-state index in [4.69, 9.17) is 85.3 Å². The predicted molar refractivity (Wildman–Crippen MR) is 332 cm³/mol. The fraction of sp³-hybridized carbons (Fsp3) is 0.971. The van der Waals surface area contributed by atoms with Gasteiger partial charge in [0.1, 0.15) is 85.0 Å². The number of rotatable bonds is 22. The molecular formula is C68H114O28. The normalized spacial score (nSPS) is 51.3. The van der Waals surface area contributed by atoms with Gasteiger partial charge in [0.15, 0.2) is 37.7 Å². The third-order valence-electron chi connectivity index (χ3n) is 24.5. The van der Waals surface area contributed by atoms with Gasteiger partial charge in [-0.25, -0.2) is 0 Å². The molecule has 10 aliphatic rings. The molecule has 10 fully saturated rings. The Morgan fingerprint density at radius 1 is 0.531 bits per heavy atom. The van der Waals surface area contributed by atoms with Crippen LogP contribution < -0.4 is 0 Å². The molecule has 554 valence electrons. The third kappa shape index (κ3) is 14.6. The molecule has 0 spiro atoms. The molecule has 1 unspecified atom stereocenters. The average molecular weight is 1380 g/mol. The second-order valence-corrected chi connectivity index (χ2v) is 29.8. The topological polar surface area (TPSA) is 362 Å². The molecule has 0 aromatic heterocycles. The number of esters is 2. The summed E-state index contributed by atoms with van der Waals surface area (Å²) in [6.07, 6.45) is -19.5. The lowest BCUT2D eigenvalue weighted by molar-refractivity contribution is -0.374. The summed E-state index contributed by atoms with van der Waals surface area (Å²) in [7, 11) is 6.08. The number of carbonyl (C=O) groups is 2. The average Bonchev–Trinajstić information content (AvgIpc) is 1.40. The molecule has 8 N–H and O–H groups in total. The molecule has 4 saturated carbocycles. The van der Waals surface area contributed by atoms with E-state index in [1.54, 1.807) is 41.9 Å². The Morgan fingerprint density at radius 3 is 1.56 bits per heavy atom. The number of ether oxygens (including phenoxy) is 18. The highest BCUT2D eigenvalue weighted by molar-refractivity contribution is 5.72. The van der Waals surface area contributed by atoms with Gasteiger partial charge in [-0.3, -0.25) is 9.59 Å². The first-order valence-corrected chi connectivity index (χ1v) is 35.2. The minimum atomic E-state index is -1.68. The van der Waals surface area contributed by atoms with Gasteiger partial charge in [0.05, 0.1) is 84.6 Å². The molecule has 37 atom stereocenters. The zero-order valence-electron chi connectivity index (χ0n) is 58.7. The van der Waals surface area contributed by atoms with E-state index in [-0.39, 0.29) is 73.7 Å². The monoisotopic (exact) mass is 1380 g/mol. The van der Waals surface area contributed by atoms with E-state index in [1.165, 1.54) is 21.1 Å². The number of aliphatic hydroxyl groups excluding tert-OH is 6. The van der Waals surface area contributed by atoms with Crippen LogP contribution in [-0.4, -0.2) is 277 Å². The van der Waals surface area contributed by atoms with Gasteiger partial charge in [0.2, 0.25) is 0 Å². The highest BCUT2D eigenvalue weighted by Crippen LogP contribution is 2.71. The van der Waals surface area contributed by atoms with Crippen LogP contribution in [0.1, 0.15) is 160 Å². The predicted octanol–water partition coefficient (Wildman–Crippen LogP) is 2.57. The maximum absolute atomic E-state index is 13.1. The van der Waals surface area contributed by atoms with E-state index in [2.05, 4.69) is 6.92 Å².